The van der Waals surface area contributed by atoms with E-state index in [4.69, 9.17) is 16.3 Å². The predicted molar refractivity (Wildman–Crippen MR) is 119 cm³/mol. The van der Waals surface area contributed by atoms with Gasteiger partial charge in [-0.05, 0) is 49.6 Å². The van der Waals surface area contributed by atoms with Gasteiger partial charge in [0.15, 0.2) is 0 Å². The van der Waals surface area contributed by atoms with Gasteiger partial charge in [-0.3, -0.25) is 9.52 Å². The van der Waals surface area contributed by atoms with Crippen LogP contribution in [-0.4, -0.2) is 32.6 Å². The van der Waals surface area contributed by atoms with Crippen molar-refractivity contribution in [2.45, 2.75) is 32.6 Å². The second-order valence-corrected chi connectivity index (χ2v) is 9.24. The summed E-state index contributed by atoms with van der Waals surface area (Å²) in [5.74, 6) is -0.868. The molecule has 30 heavy (non-hydrogen) atoms. The monoisotopic (exact) mass is 454 g/mol. The summed E-state index contributed by atoms with van der Waals surface area (Å²) in [5, 5.41) is 12.6. The number of anilines is 2. The number of benzene rings is 2. The summed E-state index contributed by atoms with van der Waals surface area (Å²) in [4.78, 5) is 12.3. The average molecular weight is 455 g/mol. The Hall–Kier alpha value is -2.29. The zero-order chi connectivity index (χ0) is 22.5. The Labute approximate surface area is 182 Å². The molecule has 3 N–H and O–H groups in total. The molecular weight excluding hydrogens is 428 g/mol. The second kappa shape index (κ2) is 10.1. The van der Waals surface area contributed by atoms with Gasteiger partial charge in [0.25, 0.3) is 10.0 Å². The van der Waals surface area contributed by atoms with Crippen LogP contribution >= 0.6 is 11.6 Å². The molecule has 1 amide bonds. The van der Waals surface area contributed by atoms with Crippen molar-refractivity contribution in [1.29, 1.82) is 0 Å². The predicted octanol–water partition coefficient (Wildman–Crippen LogP) is 4.05. The molecule has 164 valence electrons. The fraction of sp³-hybridized carbons (Fsp3) is 0.381. The van der Waals surface area contributed by atoms with Crippen LogP contribution in [0.25, 0.3) is 0 Å². The van der Waals surface area contributed by atoms with E-state index in [1.165, 1.54) is 24.3 Å². The zero-order valence-corrected chi connectivity index (χ0v) is 19.0. The van der Waals surface area contributed by atoms with Crippen LogP contribution in [0.15, 0.2) is 41.3 Å². The maximum Gasteiger partial charge on any atom is 0.265 e. The van der Waals surface area contributed by atoms with Gasteiger partial charge >= 0.3 is 0 Å². The minimum Gasteiger partial charge on any atom is -0.492 e. The summed E-state index contributed by atoms with van der Waals surface area (Å²) in [6.45, 7) is 7.19. The number of amides is 1. The van der Waals surface area contributed by atoms with Crippen LogP contribution in [0.5, 0.6) is 5.75 Å². The number of hydrogen-bond acceptors (Lipinski definition) is 5. The third kappa shape index (κ3) is 5.87. The quantitative estimate of drug-likeness (QED) is 0.530. The average Bonchev–Trinajstić information content (AvgIpc) is 2.65. The van der Waals surface area contributed by atoms with Crippen LogP contribution in [0.1, 0.15) is 26.3 Å². The first-order chi connectivity index (χ1) is 14.1. The number of ether oxygens (including phenoxy) is 1. The Morgan fingerprint density at radius 1 is 1.17 bits per heavy atom. The normalized spacial score (nSPS) is 12.5. The van der Waals surface area contributed by atoms with Gasteiger partial charge in [-0.2, -0.15) is 0 Å². The van der Waals surface area contributed by atoms with E-state index in [2.05, 4.69) is 10.0 Å². The number of aryl methyl sites for hydroxylation is 1. The maximum absolute atomic E-state index is 12.9. The molecule has 0 bridgehead atoms. The van der Waals surface area contributed by atoms with Gasteiger partial charge in [0, 0.05) is 16.8 Å². The number of sulfonamides is 1. The summed E-state index contributed by atoms with van der Waals surface area (Å²) in [6.07, 6.45) is 0. The van der Waals surface area contributed by atoms with Gasteiger partial charge in [-0.25, -0.2) is 8.42 Å². The molecule has 7 nitrogen and oxygen atoms in total. The number of nitrogens with one attached hydrogen (secondary N) is 2. The molecule has 2 rings (SSSR count). The minimum atomic E-state index is -3.96. The third-order valence-electron chi connectivity index (χ3n) is 4.56. The van der Waals surface area contributed by atoms with E-state index >= 15 is 0 Å². The summed E-state index contributed by atoms with van der Waals surface area (Å²) in [7, 11) is -3.96. The van der Waals surface area contributed by atoms with Crippen LogP contribution in [-0.2, 0) is 14.8 Å². The molecule has 0 aliphatic rings. The highest BCUT2D eigenvalue weighted by Crippen LogP contribution is 2.30. The number of carbonyl (C=O) groups excluding carboxylic acids is 1. The second-order valence-electron chi connectivity index (χ2n) is 7.19. The van der Waals surface area contributed by atoms with E-state index in [1.807, 2.05) is 20.8 Å². The Balaban J connectivity index is 2.33. The standard InChI is InChI=1S/C21H27ClN2O5S/c1-5-29-19-11-15(23-21(26)17(12-25)13(2)3)8-9-20(19)30(27,28)24-16-7-6-14(4)18(22)10-16/h6-11,13,17,24-25H,5,12H2,1-4H3,(H,23,26)/t17-/m0/s1. The van der Waals surface area contributed by atoms with Crippen molar-refractivity contribution >= 4 is 38.9 Å². The van der Waals surface area contributed by atoms with Crippen molar-refractivity contribution in [2.75, 3.05) is 23.3 Å². The molecule has 9 heteroatoms. The molecule has 0 radical (unpaired) electrons. The van der Waals surface area contributed by atoms with Crippen molar-refractivity contribution in [3.8, 4) is 5.75 Å². The molecule has 0 spiro atoms. The summed E-state index contributed by atoms with van der Waals surface area (Å²) < 4.78 is 33.8. The van der Waals surface area contributed by atoms with Crippen LogP contribution in [0, 0.1) is 18.8 Å². The van der Waals surface area contributed by atoms with E-state index in [-0.39, 0.29) is 35.7 Å². The summed E-state index contributed by atoms with van der Waals surface area (Å²) in [6, 6.07) is 9.16. The Kier molecular flexibility index (Phi) is 8.11. The summed E-state index contributed by atoms with van der Waals surface area (Å²) in [5.41, 5.74) is 1.53. The van der Waals surface area contributed by atoms with Crippen LogP contribution in [0.4, 0.5) is 11.4 Å². The third-order valence-corrected chi connectivity index (χ3v) is 6.39. The van der Waals surface area contributed by atoms with Gasteiger partial charge in [0.1, 0.15) is 10.6 Å². The smallest absolute Gasteiger partial charge is 0.265 e. The minimum absolute atomic E-state index is 0.0495. The summed E-state index contributed by atoms with van der Waals surface area (Å²) >= 11 is 6.08. The topological polar surface area (TPSA) is 105 Å². The molecule has 2 aromatic carbocycles. The molecule has 0 aliphatic carbocycles. The van der Waals surface area contributed by atoms with Crippen molar-refractivity contribution < 1.29 is 23.1 Å². The van der Waals surface area contributed by atoms with Crippen molar-refractivity contribution in [1.82, 2.24) is 0 Å². The Bertz CT molecular complexity index is 1010. The number of aliphatic hydroxyl groups is 1. The van der Waals surface area contributed by atoms with Gasteiger partial charge < -0.3 is 15.2 Å². The highest BCUT2D eigenvalue weighted by atomic mass is 35.5. The van der Waals surface area contributed by atoms with Crippen molar-refractivity contribution in [3.05, 3.63) is 47.0 Å². The number of hydrogen-bond donors (Lipinski definition) is 3. The highest BCUT2D eigenvalue weighted by Gasteiger charge is 2.24. The molecule has 2 aromatic rings. The van der Waals surface area contributed by atoms with Crippen molar-refractivity contribution in [3.63, 3.8) is 0 Å². The molecular formula is C21H27ClN2O5S. The molecule has 0 saturated heterocycles. The van der Waals surface area contributed by atoms with Crippen LogP contribution in [0.2, 0.25) is 5.02 Å². The fourth-order valence-electron chi connectivity index (χ4n) is 2.77. The van der Waals surface area contributed by atoms with Gasteiger partial charge in [0.05, 0.1) is 24.8 Å². The van der Waals surface area contributed by atoms with E-state index in [9.17, 15) is 18.3 Å². The maximum atomic E-state index is 12.9. The highest BCUT2D eigenvalue weighted by molar-refractivity contribution is 7.92. The lowest BCUT2D eigenvalue weighted by Crippen LogP contribution is -2.29. The molecule has 0 unspecified atom stereocenters. The molecule has 0 aliphatic heterocycles. The van der Waals surface area contributed by atoms with E-state index in [0.717, 1.165) is 5.56 Å². The van der Waals surface area contributed by atoms with Gasteiger partial charge in [-0.15, -0.1) is 0 Å². The van der Waals surface area contributed by atoms with E-state index in [1.54, 1.807) is 19.1 Å². The number of carbonyl (C=O) groups is 1. The van der Waals surface area contributed by atoms with Gasteiger partial charge in [0.2, 0.25) is 5.91 Å². The first-order valence-corrected chi connectivity index (χ1v) is 11.4. The largest absolute Gasteiger partial charge is 0.492 e. The molecule has 0 saturated carbocycles. The van der Waals surface area contributed by atoms with E-state index < -0.39 is 15.9 Å². The number of aliphatic hydroxyl groups excluding tert-OH is 1. The lowest BCUT2D eigenvalue weighted by Gasteiger charge is -2.19. The molecule has 0 fully saturated rings. The molecule has 0 heterocycles. The number of halogens is 1. The lowest BCUT2D eigenvalue weighted by molar-refractivity contribution is -0.122. The number of rotatable bonds is 9. The van der Waals surface area contributed by atoms with E-state index in [0.29, 0.717) is 16.4 Å². The zero-order valence-electron chi connectivity index (χ0n) is 17.4. The lowest BCUT2D eigenvalue weighted by atomic mass is 9.96. The Morgan fingerprint density at radius 3 is 2.40 bits per heavy atom. The first kappa shape index (κ1) is 24.0. The van der Waals surface area contributed by atoms with Crippen LogP contribution < -0.4 is 14.8 Å². The SMILES string of the molecule is CCOc1cc(NC(=O)[C@@H](CO)C(C)C)ccc1S(=O)(=O)Nc1ccc(C)c(Cl)c1. The fourth-order valence-corrected chi connectivity index (χ4v) is 4.13. The van der Waals surface area contributed by atoms with Gasteiger partial charge in [-0.1, -0.05) is 31.5 Å². The Morgan fingerprint density at radius 2 is 1.83 bits per heavy atom. The molecule has 0 aromatic heterocycles. The van der Waals surface area contributed by atoms with Crippen molar-refractivity contribution in [2.24, 2.45) is 11.8 Å². The first-order valence-electron chi connectivity index (χ1n) is 9.56. The van der Waals surface area contributed by atoms with Crippen LogP contribution in [0.3, 0.4) is 0 Å². The molecule has 1 atom stereocenters.